The van der Waals surface area contributed by atoms with E-state index in [0.717, 1.165) is 48.2 Å². The maximum absolute atomic E-state index is 4.86. The van der Waals surface area contributed by atoms with Crippen LogP contribution >= 0.6 is 11.3 Å². The number of imidazole rings is 1. The van der Waals surface area contributed by atoms with Gasteiger partial charge in [0.05, 0.1) is 11.6 Å². The standard InChI is InChI=1S/C18H22N6S/c1-12-7-15(17-20-8-13(2)22-17)23-18(21-12)16-5-3-4-6-24(16)10-14-9-19-11-25-14/h7-9,11,16H,3-6,10H2,1-2H3,(H,20,22)/t16-/m1/s1. The third-order valence-corrected chi connectivity index (χ3v) is 5.34. The van der Waals surface area contributed by atoms with Crippen molar-refractivity contribution in [3.8, 4) is 11.5 Å². The van der Waals surface area contributed by atoms with Gasteiger partial charge in [0.15, 0.2) is 5.82 Å². The van der Waals surface area contributed by atoms with E-state index in [1.165, 1.54) is 17.7 Å². The van der Waals surface area contributed by atoms with E-state index in [1.54, 1.807) is 11.3 Å². The maximum Gasteiger partial charge on any atom is 0.156 e. The molecule has 3 aromatic rings. The third kappa shape index (κ3) is 3.62. The van der Waals surface area contributed by atoms with Gasteiger partial charge in [0, 0.05) is 35.2 Å². The molecule has 1 aliphatic rings. The van der Waals surface area contributed by atoms with Crippen LogP contribution in [0.5, 0.6) is 0 Å². The van der Waals surface area contributed by atoms with Crippen molar-refractivity contribution in [2.75, 3.05) is 6.54 Å². The number of rotatable bonds is 4. The Bertz CT molecular complexity index is 841. The Balaban J connectivity index is 1.65. The highest BCUT2D eigenvalue weighted by molar-refractivity contribution is 7.09. The van der Waals surface area contributed by atoms with Crippen LogP contribution in [0, 0.1) is 13.8 Å². The first-order valence-electron chi connectivity index (χ1n) is 8.68. The van der Waals surface area contributed by atoms with Crippen LogP contribution in [0.15, 0.2) is 24.0 Å². The largest absolute Gasteiger partial charge is 0.341 e. The quantitative estimate of drug-likeness (QED) is 0.774. The third-order valence-electron chi connectivity index (χ3n) is 4.57. The van der Waals surface area contributed by atoms with Gasteiger partial charge in [-0.1, -0.05) is 6.42 Å². The molecule has 4 heterocycles. The summed E-state index contributed by atoms with van der Waals surface area (Å²) < 4.78 is 0. The second kappa shape index (κ2) is 7.01. The predicted octanol–water partition coefficient (Wildman–Crippen LogP) is 3.67. The molecular formula is C18H22N6S. The van der Waals surface area contributed by atoms with Crippen LogP contribution in [0.4, 0.5) is 0 Å². The van der Waals surface area contributed by atoms with Crippen molar-refractivity contribution in [2.45, 2.75) is 45.7 Å². The fraction of sp³-hybridized carbons (Fsp3) is 0.444. The summed E-state index contributed by atoms with van der Waals surface area (Å²) in [6.07, 6.45) is 7.34. The van der Waals surface area contributed by atoms with Crippen molar-refractivity contribution in [1.29, 1.82) is 0 Å². The van der Waals surface area contributed by atoms with Gasteiger partial charge in [-0.3, -0.25) is 9.88 Å². The van der Waals surface area contributed by atoms with Gasteiger partial charge in [-0.15, -0.1) is 11.3 Å². The number of hydrogen-bond donors (Lipinski definition) is 1. The monoisotopic (exact) mass is 354 g/mol. The Hall–Kier alpha value is -2.12. The Labute approximate surface area is 151 Å². The zero-order valence-electron chi connectivity index (χ0n) is 14.6. The van der Waals surface area contributed by atoms with Crippen LogP contribution in [0.25, 0.3) is 11.5 Å². The number of nitrogens with one attached hydrogen (secondary N) is 1. The molecule has 1 saturated heterocycles. The lowest BCUT2D eigenvalue weighted by Crippen LogP contribution is -2.34. The summed E-state index contributed by atoms with van der Waals surface area (Å²) in [6.45, 7) is 6.03. The number of aromatic amines is 1. The molecule has 25 heavy (non-hydrogen) atoms. The lowest BCUT2D eigenvalue weighted by molar-refractivity contribution is 0.135. The minimum absolute atomic E-state index is 0.255. The number of likely N-dealkylation sites (tertiary alicyclic amines) is 1. The maximum atomic E-state index is 4.86. The average Bonchev–Trinajstić information content (AvgIpc) is 3.26. The van der Waals surface area contributed by atoms with Crippen LogP contribution in [-0.4, -0.2) is 36.4 Å². The molecule has 3 aromatic heterocycles. The van der Waals surface area contributed by atoms with E-state index in [2.05, 4.69) is 19.9 Å². The highest BCUT2D eigenvalue weighted by Crippen LogP contribution is 2.31. The number of nitrogens with zero attached hydrogens (tertiary/aromatic N) is 5. The van der Waals surface area contributed by atoms with E-state index in [4.69, 9.17) is 9.97 Å². The summed E-state index contributed by atoms with van der Waals surface area (Å²) in [5.41, 5.74) is 4.79. The summed E-state index contributed by atoms with van der Waals surface area (Å²) in [5, 5.41) is 0. The first-order valence-corrected chi connectivity index (χ1v) is 9.56. The van der Waals surface area contributed by atoms with Crippen molar-refractivity contribution in [3.63, 3.8) is 0 Å². The summed E-state index contributed by atoms with van der Waals surface area (Å²) >= 11 is 1.71. The van der Waals surface area contributed by atoms with Crippen LogP contribution in [0.1, 0.15) is 47.4 Å². The molecule has 0 aromatic carbocycles. The Morgan fingerprint density at radius 1 is 1.24 bits per heavy atom. The Morgan fingerprint density at radius 2 is 2.16 bits per heavy atom. The highest BCUT2D eigenvalue weighted by Gasteiger charge is 2.27. The molecule has 130 valence electrons. The zero-order valence-corrected chi connectivity index (χ0v) is 15.4. The van der Waals surface area contributed by atoms with Crippen molar-refractivity contribution >= 4 is 11.3 Å². The predicted molar refractivity (Wildman–Crippen MR) is 98.2 cm³/mol. The van der Waals surface area contributed by atoms with E-state index in [0.29, 0.717) is 0 Å². The highest BCUT2D eigenvalue weighted by atomic mass is 32.1. The smallest absolute Gasteiger partial charge is 0.156 e. The molecule has 0 unspecified atom stereocenters. The topological polar surface area (TPSA) is 70.6 Å². The first-order chi connectivity index (χ1) is 12.2. The van der Waals surface area contributed by atoms with Gasteiger partial charge in [-0.25, -0.2) is 15.0 Å². The van der Waals surface area contributed by atoms with Gasteiger partial charge in [0.1, 0.15) is 11.5 Å². The fourth-order valence-corrected chi connectivity index (χ4v) is 4.02. The van der Waals surface area contributed by atoms with Crippen LogP contribution in [-0.2, 0) is 6.54 Å². The molecule has 0 aliphatic carbocycles. The van der Waals surface area contributed by atoms with Gasteiger partial charge >= 0.3 is 0 Å². The molecule has 0 amide bonds. The molecule has 0 spiro atoms. The Kier molecular flexibility index (Phi) is 4.59. The zero-order chi connectivity index (χ0) is 17.2. The second-order valence-corrected chi connectivity index (χ2v) is 7.59. The molecule has 1 atom stereocenters. The van der Waals surface area contributed by atoms with Gasteiger partial charge in [-0.2, -0.15) is 0 Å². The number of aryl methyl sites for hydroxylation is 2. The summed E-state index contributed by atoms with van der Waals surface area (Å²) in [4.78, 5) is 25.3. The summed E-state index contributed by atoms with van der Waals surface area (Å²) in [7, 11) is 0. The van der Waals surface area contributed by atoms with Crippen LogP contribution in [0.2, 0.25) is 0 Å². The van der Waals surface area contributed by atoms with Crippen molar-refractivity contribution < 1.29 is 0 Å². The van der Waals surface area contributed by atoms with Gasteiger partial charge in [0.2, 0.25) is 0 Å². The summed E-state index contributed by atoms with van der Waals surface area (Å²) in [6, 6.07) is 2.25. The van der Waals surface area contributed by atoms with E-state index < -0.39 is 0 Å². The Morgan fingerprint density at radius 3 is 2.92 bits per heavy atom. The number of H-pyrrole nitrogens is 1. The SMILES string of the molecule is Cc1cc(-c2ncc(C)[nH]2)nc([C@H]2CCCCN2Cc2cncs2)n1. The molecule has 0 bridgehead atoms. The normalized spacial score (nSPS) is 18.6. The van der Waals surface area contributed by atoms with E-state index >= 15 is 0 Å². The van der Waals surface area contributed by atoms with E-state index in [9.17, 15) is 0 Å². The molecule has 0 radical (unpaired) electrons. The second-order valence-electron chi connectivity index (χ2n) is 6.62. The molecule has 4 rings (SSSR count). The lowest BCUT2D eigenvalue weighted by atomic mass is 10.0. The van der Waals surface area contributed by atoms with Gasteiger partial charge in [0.25, 0.3) is 0 Å². The average molecular weight is 354 g/mol. The van der Waals surface area contributed by atoms with Crippen molar-refractivity contribution in [3.05, 3.63) is 46.1 Å². The van der Waals surface area contributed by atoms with Crippen molar-refractivity contribution in [2.24, 2.45) is 0 Å². The molecule has 1 aliphatic heterocycles. The molecule has 6 nitrogen and oxygen atoms in total. The minimum atomic E-state index is 0.255. The number of hydrogen-bond acceptors (Lipinski definition) is 6. The molecule has 1 N–H and O–H groups in total. The minimum Gasteiger partial charge on any atom is -0.341 e. The number of thiazole rings is 1. The first kappa shape index (κ1) is 16.4. The summed E-state index contributed by atoms with van der Waals surface area (Å²) in [5.74, 6) is 1.72. The lowest BCUT2D eigenvalue weighted by Gasteiger charge is -2.34. The molecule has 0 saturated carbocycles. The fourth-order valence-electron chi connectivity index (χ4n) is 3.40. The molecular weight excluding hydrogens is 332 g/mol. The van der Waals surface area contributed by atoms with Crippen molar-refractivity contribution in [1.82, 2.24) is 29.8 Å². The molecule has 7 heteroatoms. The van der Waals surface area contributed by atoms with Gasteiger partial charge in [-0.05, 0) is 39.3 Å². The number of aromatic nitrogens is 5. The van der Waals surface area contributed by atoms with Crippen LogP contribution in [0.3, 0.4) is 0 Å². The van der Waals surface area contributed by atoms with E-state index in [1.807, 2.05) is 37.8 Å². The van der Waals surface area contributed by atoms with E-state index in [-0.39, 0.29) is 6.04 Å². The molecule has 1 fully saturated rings. The van der Waals surface area contributed by atoms with Crippen LogP contribution < -0.4 is 0 Å². The number of piperidine rings is 1. The van der Waals surface area contributed by atoms with Gasteiger partial charge < -0.3 is 4.98 Å².